The summed E-state index contributed by atoms with van der Waals surface area (Å²) in [6, 6.07) is 5.12. The molecule has 0 aromatic heterocycles. The van der Waals surface area contributed by atoms with E-state index in [1.807, 2.05) is 0 Å². The van der Waals surface area contributed by atoms with Gasteiger partial charge in [-0.1, -0.05) is 11.8 Å². The van der Waals surface area contributed by atoms with Crippen LogP contribution < -0.4 is 4.74 Å². The van der Waals surface area contributed by atoms with E-state index in [0.29, 0.717) is 10.2 Å². The lowest BCUT2D eigenvalue weighted by atomic mass is 10.3. The third-order valence-electron chi connectivity index (χ3n) is 1.42. The van der Waals surface area contributed by atoms with Crippen LogP contribution in [0.15, 0.2) is 27.6 Å². The van der Waals surface area contributed by atoms with Gasteiger partial charge < -0.3 is 4.74 Å². The van der Waals surface area contributed by atoms with Crippen molar-refractivity contribution in [3.05, 3.63) is 22.7 Å². The number of esters is 1. The Kier molecular flexibility index (Phi) is 4.35. The average Bonchev–Trinajstić information content (AvgIpc) is 2.08. The smallest absolute Gasteiger partial charge is 0.308 e. The van der Waals surface area contributed by atoms with Crippen molar-refractivity contribution in [3.63, 3.8) is 0 Å². The molecule has 0 N–H and O–H groups in total. The highest BCUT2D eigenvalue weighted by Gasteiger charge is 2.06. The number of halogens is 1. The molecule has 0 atom stereocenters. The molecular weight excluding hydrogens is 280 g/mol. The summed E-state index contributed by atoms with van der Waals surface area (Å²) in [6.45, 7) is 2.84. The molecule has 1 rings (SSSR count). The first-order valence-electron chi connectivity index (χ1n) is 4.15. The van der Waals surface area contributed by atoms with Crippen molar-refractivity contribution in [2.24, 2.45) is 0 Å². The fourth-order valence-electron chi connectivity index (χ4n) is 0.949. The van der Waals surface area contributed by atoms with Gasteiger partial charge in [-0.25, -0.2) is 0 Å². The van der Waals surface area contributed by atoms with Crippen LogP contribution in [-0.4, -0.2) is 11.1 Å². The third kappa shape index (κ3) is 4.05. The lowest BCUT2D eigenvalue weighted by Crippen LogP contribution is -2.01. The van der Waals surface area contributed by atoms with Crippen LogP contribution >= 0.6 is 27.7 Å². The Hall–Kier alpha value is -0.810. The van der Waals surface area contributed by atoms with Gasteiger partial charge in [-0.3, -0.25) is 9.59 Å². The minimum Gasteiger partial charge on any atom is -0.426 e. The second-order valence-electron chi connectivity index (χ2n) is 2.78. The van der Waals surface area contributed by atoms with Gasteiger partial charge in [-0.05, 0) is 34.1 Å². The van der Waals surface area contributed by atoms with Crippen LogP contribution in [-0.2, 0) is 9.59 Å². The average molecular weight is 289 g/mol. The molecule has 5 heteroatoms. The van der Waals surface area contributed by atoms with E-state index in [2.05, 4.69) is 15.9 Å². The van der Waals surface area contributed by atoms with Gasteiger partial charge in [0, 0.05) is 18.7 Å². The second kappa shape index (κ2) is 5.32. The lowest BCUT2D eigenvalue weighted by Gasteiger charge is -2.05. The zero-order valence-electron chi connectivity index (χ0n) is 8.24. The first-order chi connectivity index (χ1) is 6.99. The molecule has 0 fully saturated rings. The first-order valence-corrected chi connectivity index (χ1v) is 5.76. The fraction of sp³-hybridized carbons (Fsp3) is 0.200. The van der Waals surface area contributed by atoms with Gasteiger partial charge in [0.25, 0.3) is 0 Å². The molecule has 0 aliphatic heterocycles. The van der Waals surface area contributed by atoms with Gasteiger partial charge >= 0.3 is 5.97 Å². The molecule has 80 valence electrons. The van der Waals surface area contributed by atoms with Crippen molar-refractivity contribution < 1.29 is 14.3 Å². The summed E-state index contributed by atoms with van der Waals surface area (Å²) in [5, 5.41) is 0.0159. The van der Waals surface area contributed by atoms with Gasteiger partial charge in [0.15, 0.2) is 5.12 Å². The number of carbonyl (C=O) groups excluding carboxylic acids is 2. The van der Waals surface area contributed by atoms with Crippen LogP contribution in [0.3, 0.4) is 0 Å². The van der Waals surface area contributed by atoms with E-state index in [4.69, 9.17) is 4.74 Å². The highest BCUT2D eigenvalue weighted by atomic mass is 79.9. The van der Waals surface area contributed by atoms with Crippen LogP contribution in [0.4, 0.5) is 0 Å². The Morgan fingerprint density at radius 1 is 1.33 bits per heavy atom. The lowest BCUT2D eigenvalue weighted by molar-refractivity contribution is -0.131. The van der Waals surface area contributed by atoms with E-state index in [0.717, 1.165) is 16.7 Å². The van der Waals surface area contributed by atoms with Gasteiger partial charge in [-0.15, -0.1) is 0 Å². The van der Waals surface area contributed by atoms with Crippen molar-refractivity contribution in [3.8, 4) is 5.75 Å². The molecule has 1 aromatic carbocycles. The van der Waals surface area contributed by atoms with Crippen molar-refractivity contribution >= 4 is 38.8 Å². The topological polar surface area (TPSA) is 43.4 Å². The maximum Gasteiger partial charge on any atom is 0.308 e. The van der Waals surface area contributed by atoms with Gasteiger partial charge in [0.05, 0.1) is 4.47 Å². The molecule has 0 aliphatic rings. The SMILES string of the molecule is CC(=O)Oc1ccc(SC(C)=O)cc1Br. The summed E-state index contributed by atoms with van der Waals surface area (Å²) in [6.07, 6.45) is 0. The number of thioether (sulfide) groups is 1. The van der Waals surface area contributed by atoms with Crippen LogP contribution in [0.2, 0.25) is 0 Å². The molecule has 0 aliphatic carbocycles. The number of benzene rings is 1. The van der Waals surface area contributed by atoms with Crippen LogP contribution in [0.5, 0.6) is 5.75 Å². The van der Waals surface area contributed by atoms with Crippen molar-refractivity contribution in [1.82, 2.24) is 0 Å². The summed E-state index contributed by atoms with van der Waals surface area (Å²) in [4.78, 5) is 22.4. The van der Waals surface area contributed by atoms with E-state index in [-0.39, 0.29) is 11.1 Å². The first kappa shape index (κ1) is 12.3. The second-order valence-corrected chi connectivity index (χ2v) is 4.88. The van der Waals surface area contributed by atoms with E-state index in [1.165, 1.54) is 13.8 Å². The van der Waals surface area contributed by atoms with Gasteiger partial charge in [-0.2, -0.15) is 0 Å². The summed E-state index contributed by atoms with van der Waals surface area (Å²) in [7, 11) is 0. The number of ether oxygens (including phenoxy) is 1. The van der Waals surface area contributed by atoms with E-state index >= 15 is 0 Å². The third-order valence-corrected chi connectivity index (χ3v) is 2.82. The van der Waals surface area contributed by atoms with E-state index in [1.54, 1.807) is 18.2 Å². The minimum absolute atomic E-state index is 0.0159. The van der Waals surface area contributed by atoms with Crippen LogP contribution in [0.1, 0.15) is 13.8 Å². The molecule has 3 nitrogen and oxygen atoms in total. The Morgan fingerprint density at radius 3 is 2.47 bits per heavy atom. The van der Waals surface area contributed by atoms with Crippen molar-refractivity contribution in [2.75, 3.05) is 0 Å². The van der Waals surface area contributed by atoms with Crippen molar-refractivity contribution in [2.45, 2.75) is 18.7 Å². The summed E-state index contributed by atoms with van der Waals surface area (Å²) in [5.41, 5.74) is 0. The number of rotatable bonds is 2. The quantitative estimate of drug-likeness (QED) is 0.477. The maximum atomic E-state index is 10.8. The number of carbonyl (C=O) groups is 2. The maximum absolute atomic E-state index is 10.8. The van der Waals surface area contributed by atoms with Crippen LogP contribution in [0.25, 0.3) is 0 Å². The largest absolute Gasteiger partial charge is 0.426 e. The number of hydrogen-bond donors (Lipinski definition) is 0. The molecule has 0 radical (unpaired) electrons. The highest BCUT2D eigenvalue weighted by molar-refractivity contribution is 9.10. The normalized spacial score (nSPS) is 9.80. The molecule has 0 bridgehead atoms. The Morgan fingerprint density at radius 2 is 2.00 bits per heavy atom. The summed E-state index contributed by atoms with van der Waals surface area (Å²) < 4.78 is 5.58. The standard InChI is InChI=1S/C10H9BrO3S/c1-6(12)14-10-4-3-8(5-9(10)11)15-7(2)13/h3-5H,1-2H3. The summed E-state index contributed by atoms with van der Waals surface area (Å²) >= 11 is 4.39. The predicted octanol–water partition coefficient (Wildman–Crippen LogP) is 3.01. The minimum atomic E-state index is -0.373. The Bertz CT molecular complexity index is 404. The van der Waals surface area contributed by atoms with E-state index < -0.39 is 0 Å². The molecule has 0 saturated carbocycles. The Balaban J connectivity index is 2.87. The number of hydrogen-bond acceptors (Lipinski definition) is 4. The van der Waals surface area contributed by atoms with Gasteiger partial charge in [0.1, 0.15) is 5.75 Å². The zero-order chi connectivity index (χ0) is 11.4. The molecule has 1 aromatic rings. The summed E-state index contributed by atoms with van der Waals surface area (Å²) in [5.74, 6) is 0.0815. The molecule has 15 heavy (non-hydrogen) atoms. The highest BCUT2D eigenvalue weighted by Crippen LogP contribution is 2.30. The van der Waals surface area contributed by atoms with Crippen LogP contribution in [0, 0.1) is 0 Å². The molecule has 0 spiro atoms. The zero-order valence-corrected chi connectivity index (χ0v) is 10.6. The molecule has 0 amide bonds. The molecular formula is C10H9BrO3S. The Labute approximate surface area is 100 Å². The molecule has 0 heterocycles. The fourth-order valence-corrected chi connectivity index (χ4v) is 2.20. The molecule has 0 saturated heterocycles. The molecule has 0 unspecified atom stereocenters. The van der Waals surface area contributed by atoms with Crippen molar-refractivity contribution in [1.29, 1.82) is 0 Å². The monoisotopic (exact) mass is 288 g/mol. The van der Waals surface area contributed by atoms with E-state index in [9.17, 15) is 9.59 Å². The predicted molar refractivity (Wildman–Crippen MR) is 62.0 cm³/mol. The van der Waals surface area contributed by atoms with Gasteiger partial charge in [0.2, 0.25) is 0 Å².